The number of ketones is 1. The van der Waals surface area contributed by atoms with Crippen LogP contribution in [0.3, 0.4) is 0 Å². The van der Waals surface area contributed by atoms with Gasteiger partial charge < -0.3 is 14.6 Å². The summed E-state index contributed by atoms with van der Waals surface area (Å²) in [4.78, 5) is 15.0. The molecule has 0 unspecified atom stereocenters. The van der Waals surface area contributed by atoms with Gasteiger partial charge in [-0.15, -0.1) is 0 Å². The number of nitrogens with one attached hydrogen (secondary N) is 1. The highest BCUT2D eigenvalue weighted by atomic mass is 16.5. The van der Waals surface area contributed by atoms with Crippen LogP contribution in [0.5, 0.6) is 0 Å². The molecule has 1 saturated carbocycles. The number of hydrogen-bond acceptors (Lipinski definition) is 4. The smallest absolute Gasteiger partial charge is 0.178 e. The number of nitrogens with zero attached hydrogens (tertiary/aromatic N) is 2. The Morgan fingerprint density at radius 3 is 2.64 bits per heavy atom. The van der Waals surface area contributed by atoms with Crippen molar-refractivity contribution in [2.45, 2.75) is 52.0 Å². The zero-order valence-electron chi connectivity index (χ0n) is 15.9. The lowest BCUT2D eigenvalue weighted by molar-refractivity contribution is 0.0384. The van der Waals surface area contributed by atoms with Crippen LogP contribution in [-0.4, -0.2) is 61.2 Å². The number of ether oxygens (including phenoxy) is 1. The van der Waals surface area contributed by atoms with Crippen molar-refractivity contribution in [3.63, 3.8) is 0 Å². The van der Waals surface area contributed by atoms with Crippen molar-refractivity contribution in [1.82, 2.24) is 14.8 Å². The summed E-state index contributed by atoms with van der Waals surface area (Å²) in [6, 6.07) is 2.68. The van der Waals surface area contributed by atoms with Crippen LogP contribution >= 0.6 is 0 Å². The number of morpholine rings is 1. The van der Waals surface area contributed by atoms with Crippen LogP contribution in [0.2, 0.25) is 0 Å². The average molecular weight is 348 g/mol. The first kappa shape index (κ1) is 18.6. The Morgan fingerprint density at radius 2 is 1.92 bits per heavy atom. The Morgan fingerprint density at radius 1 is 1.20 bits per heavy atom. The summed E-state index contributed by atoms with van der Waals surface area (Å²) in [5, 5.41) is 3.33. The lowest BCUT2D eigenvalue weighted by atomic mass is 9.95. The molecule has 3 rings (SSSR count). The van der Waals surface area contributed by atoms with Gasteiger partial charge in [0, 0.05) is 49.2 Å². The number of hydrogen-bond donors (Lipinski definition) is 1. The molecule has 2 fully saturated rings. The van der Waals surface area contributed by atoms with E-state index in [1.807, 2.05) is 0 Å². The van der Waals surface area contributed by atoms with Gasteiger partial charge in [-0.1, -0.05) is 19.3 Å². The Balaban J connectivity index is 1.51. The molecule has 0 amide bonds. The van der Waals surface area contributed by atoms with Crippen LogP contribution in [0.1, 0.15) is 59.9 Å². The lowest BCUT2D eigenvalue weighted by Gasteiger charge is -2.26. The largest absolute Gasteiger partial charge is 0.379 e. The number of aryl methyl sites for hydroxylation is 1. The van der Waals surface area contributed by atoms with Crippen molar-refractivity contribution in [1.29, 1.82) is 0 Å². The first-order valence-electron chi connectivity index (χ1n) is 9.89. The van der Waals surface area contributed by atoms with E-state index in [0.717, 1.165) is 50.7 Å². The van der Waals surface area contributed by atoms with Gasteiger partial charge in [0.1, 0.15) is 0 Å². The fraction of sp³-hybridized carbons (Fsp3) is 0.750. The van der Waals surface area contributed by atoms with E-state index in [4.69, 9.17) is 4.74 Å². The molecule has 0 bridgehead atoms. The molecule has 2 aliphatic rings. The van der Waals surface area contributed by atoms with E-state index in [0.29, 0.717) is 12.6 Å². The molecular weight excluding hydrogens is 314 g/mol. The van der Waals surface area contributed by atoms with Crippen LogP contribution in [0.25, 0.3) is 0 Å². The monoisotopic (exact) mass is 347 g/mol. The van der Waals surface area contributed by atoms with Crippen molar-refractivity contribution in [2.24, 2.45) is 0 Å². The van der Waals surface area contributed by atoms with Crippen LogP contribution < -0.4 is 5.32 Å². The minimum Gasteiger partial charge on any atom is -0.379 e. The van der Waals surface area contributed by atoms with E-state index in [-0.39, 0.29) is 5.78 Å². The van der Waals surface area contributed by atoms with Gasteiger partial charge in [-0.25, -0.2) is 0 Å². The summed E-state index contributed by atoms with van der Waals surface area (Å²) in [5.41, 5.74) is 3.30. The third-order valence-corrected chi connectivity index (χ3v) is 5.72. The quantitative estimate of drug-likeness (QED) is 0.608. The average Bonchev–Trinajstić information content (AvgIpc) is 2.94. The summed E-state index contributed by atoms with van der Waals surface area (Å²) in [6.45, 7) is 10.2. The molecule has 1 saturated heterocycles. The molecule has 0 atom stereocenters. The van der Waals surface area contributed by atoms with Crippen LogP contribution in [0, 0.1) is 13.8 Å². The number of aromatic nitrogens is 1. The van der Waals surface area contributed by atoms with Gasteiger partial charge in [0.2, 0.25) is 0 Å². The van der Waals surface area contributed by atoms with Gasteiger partial charge in [-0.3, -0.25) is 9.69 Å². The molecule has 2 heterocycles. The lowest BCUT2D eigenvalue weighted by Crippen LogP contribution is -2.41. The van der Waals surface area contributed by atoms with E-state index in [1.165, 1.54) is 37.8 Å². The van der Waals surface area contributed by atoms with Gasteiger partial charge in [0.15, 0.2) is 5.78 Å². The van der Waals surface area contributed by atoms with Crippen molar-refractivity contribution < 1.29 is 9.53 Å². The van der Waals surface area contributed by atoms with Crippen molar-refractivity contribution >= 4 is 5.78 Å². The third kappa shape index (κ3) is 4.72. The van der Waals surface area contributed by atoms with Gasteiger partial charge in [-0.05, 0) is 32.8 Å². The van der Waals surface area contributed by atoms with Crippen molar-refractivity contribution in [2.75, 3.05) is 45.9 Å². The Bertz CT molecular complexity index is 570. The molecule has 1 aromatic heterocycles. The minimum atomic E-state index is 0.220. The molecule has 5 heteroatoms. The predicted molar refractivity (Wildman–Crippen MR) is 100 cm³/mol. The molecule has 0 aromatic carbocycles. The maximum atomic E-state index is 12.7. The standard InChI is InChI=1S/C20H33N3O2/c1-16-14-19(17(2)23(16)18-6-4-3-5-7-18)20(24)15-21-8-9-22-10-12-25-13-11-22/h14,18,21H,3-13,15H2,1-2H3. The highest BCUT2D eigenvalue weighted by Gasteiger charge is 2.22. The fourth-order valence-electron chi connectivity index (χ4n) is 4.32. The van der Waals surface area contributed by atoms with E-state index in [9.17, 15) is 4.79 Å². The van der Waals surface area contributed by atoms with Crippen molar-refractivity contribution in [3.8, 4) is 0 Å². The first-order valence-corrected chi connectivity index (χ1v) is 9.89. The van der Waals surface area contributed by atoms with E-state index >= 15 is 0 Å². The maximum Gasteiger partial charge on any atom is 0.178 e. The van der Waals surface area contributed by atoms with E-state index < -0.39 is 0 Å². The van der Waals surface area contributed by atoms with Crippen LogP contribution in [-0.2, 0) is 4.74 Å². The second-order valence-electron chi connectivity index (χ2n) is 7.50. The Hall–Kier alpha value is -1.17. The Labute approximate surface area is 151 Å². The van der Waals surface area contributed by atoms with Crippen LogP contribution in [0.15, 0.2) is 6.07 Å². The number of Topliss-reactive ketones (excluding diaryl/α,β-unsaturated/α-hetero) is 1. The predicted octanol–water partition coefficient (Wildman–Crippen LogP) is 2.71. The van der Waals surface area contributed by atoms with Gasteiger partial charge in [-0.2, -0.15) is 0 Å². The summed E-state index contributed by atoms with van der Waals surface area (Å²) >= 11 is 0. The molecule has 25 heavy (non-hydrogen) atoms. The molecule has 1 aliphatic heterocycles. The molecule has 5 nitrogen and oxygen atoms in total. The summed E-state index contributed by atoms with van der Waals surface area (Å²) in [7, 11) is 0. The van der Waals surface area contributed by atoms with Gasteiger partial charge in [0.25, 0.3) is 0 Å². The van der Waals surface area contributed by atoms with E-state index in [2.05, 4.69) is 34.7 Å². The van der Waals surface area contributed by atoms with Crippen LogP contribution in [0.4, 0.5) is 0 Å². The summed E-state index contributed by atoms with van der Waals surface area (Å²) in [6.07, 6.45) is 6.49. The first-order chi connectivity index (χ1) is 12.2. The molecular formula is C20H33N3O2. The molecule has 1 aliphatic carbocycles. The number of carbonyl (C=O) groups is 1. The SMILES string of the molecule is Cc1cc(C(=O)CNCCN2CCOCC2)c(C)n1C1CCCCC1. The number of carbonyl (C=O) groups excluding carboxylic acids is 1. The number of rotatable bonds is 7. The molecule has 1 aromatic rings. The molecule has 0 spiro atoms. The molecule has 1 N–H and O–H groups in total. The van der Waals surface area contributed by atoms with Crippen molar-refractivity contribution in [3.05, 3.63) is 23.0 Å². The summed E-state index contributed by atoms with van der Waals surface area (Å²) in [5.74, 6) is 0.220. The third-order valence-electron chi connectivity index (χ3n) is 5.72. The normalized spacial score (nSPS) is 20.1. The summed E-state index contributed by atoms with van der Waals surface area (Å²) < 4.78 is 7.78. The van der Waals surface area contributed by atoms with E-state index in [1.54, 1.807) is 0 Å². The Kier molecular flexibility index (Phi) is 6.68. The van der Waals surface area contributed by atoms with Gasteiger partial charge in [0.05, 0.1) is 19.8 Å². The highest BCUT2D eigenvalue weighted by Crippen LogP contribution is 2.32. The van der Waals surface area contributed by atoms with Gasteiger partial charge >= 0.3 is 0 Å². The minimum absolute atomic E-state index is 0.220. The topological polar surface area (TPSA) is 46.5 Å². The second-order valence-corrected chi connectivity index (χ2v) is 7.50. The maximum absolute atomic E-state index is 12.7. The zero-order chi connectivity index (χ0) is 17.6. The highest BCUT2D eigenvalue weighted by molar-refractivity contribution is 5.99. The fourth-order valence-corrected chi connectivity index (χ4v) is 4.32. The molecule has 0 radical (unpaired) electrons. The second kappa shape index (κ2) is 8.97. The molecule has 140 valence electrons. The zero-order valence-corrected chi connectivity index (χ0v) is 15.9.